The summed E-state index contributed by atoms with van der Waals surface area (Å²) in [7, 11) is -9.74. The minimum atomic E-state index is -4.89. The van der Waals surface area contributed by atoms with Crippen LogP contribution in [-0.4, -0.2) is 98.6 Å². The van der Waals surface area contributed by atoms with E-state index in [9.17, 15) is 43.7 Å². The van der Waals surface area contributed by atoms with Crippen molar-refractivity contribution >= 4 is 33.4 Å². The number of phosphoric ester groups is 2. The topological polar surface area (TPSA) is 253 Å². The van der Waals surface area contributed by atoms with E-state index in [0.29, 0.717) is 44.4 Å². The average Bonchev–Trinajstić information content (AvgIpc) is 3.39. The Kier molecular flexibility index (Phi) is 27.8. The van der Waals surface area contributed by atoms with Gasteiger partial charge in [-0.1, -0.05) is 110 Å². The summed E-state index contributed by atoms with van der Waals surface area (Å²) in [5, 5.41) is 30.4. The number of carbonyl (C=O) groups excluding carboxylic acids is 3. The Labute approximate surface area is 332 Å². The van der Waals surface area contributed by atoms with Gasteiger partial charge in [-0.15, -0.1) is 0 Å². The first-order chi connectivity index (χ1) is 26.4. The fourth-order valence-electron chi connectivity index (χ4n) is 6.31. The summed E-state index contributed by atoms with van der Waals surface area (Å²) in [6.07, 6.45) is 13.1. The normalized spacial score (nSPS) is 20.3. The van der Waals surface area contributed by atoms with Gasteiger partial charge in [0.1, 0.15) is 18.5 Å². The van der Waals surface area contributed by atoms with Gasteiger partial charge in [-0.05, 0) is 31.6 Å². The number of Topliss-reactive ketones (excluding diaryl/α,β-unsaturated/α-hetero) is 1. The molecule has 0 aromatic carbocycles. The zero-order valence-corrected chi connectivity index (χ0v) is 35.4. The first kappa shape index (κ1) is 52.5. The van der Waals surface area contributed by atoms with Gasteiger partial charge in [0, 0.05) is 31.1 Å². The monoisotopic (exact) mass is 844 g/mol. The lowest BCUT2D eigenvalue weighted by Crippen LogP contribution is -2.30. The summed E-state index contributed by atoms with van der Waals surface area (Å²) < 4.78 is 47.6. The molecule has 6 N–H and O–H groups in total. The zero-order chi connectivity index (χ0) is 42.0. The highest BCUT2D eigenvalue weighted by molar-refractivity contribution is 7.47. The van der Waals surface area contributed by atoms with Gasteiger partial charge in [-0.3, -0.25) is 28.0 Å². The van der Waals surface area contributed by atoms with Gasteiger partial charge in [0.25, 0.3) is 0 Å². The van der Waals surface area contributed by atoms with E-state index in [0.717, 1.165) is 57.8 Å². The number of hydrogen-bond donors (Lipinski definition) is 6. The molecule has 1 aliphatic carbocycles. The van der Waals surface area contributed by atoms with Gasteiger partial charge in [-0.2, -0.15) is 0 Å². The lowest BCUT2D eigenvalue weighted by atomic mass is 9.88. The molecule has 56 heavy (non-hydrogen) atoms. The first-order valence-corrected chi connectivity index (χ1v) is 23.4. The molecule has 1 aliphatic rings. The third kappa shape index (κ3) is 27.2. The van der Waals surface area contributed by atoms with Crippen LogP contribution in [0.15, 0.2) is 12.2 Å². The number of esters is 2. The highest BCUT2D eigenvalue weighted by Gasteiger charge is 2.39. The SMILES string of the molecule is CCCCC[C@H](O)/C=C/[C@H]1[C@H](O)CC(=O)[C@@H]1CCCCCCC(=O)OC[C@H](COP(=O)(O)OC[C@@H](O)COP(=O)(O)O)OC(=O)CCCCCCCCC(C)C. The molecule has 16 nitrogen and oxygen atoms in total. The van der Waals surface area contributed by atoms with Crippen molar-refractivity contribution in [1.82, 2.24) is 0 Å². The molecule has 0 spiro atoms. The molecule has 1 saturated carbocycles. The van der Waals surface area contributed by atoms with Crippen molar-refractivity contribution in [3.05, 3.63) is 12.2 Å². The largest absolute Gasteiger partial charge is 0.472 e. The molecule has 0 saturated heterocycles. The standard InChI is InChI=1S/C38H70O16P2/c1-4-5-12-18-30(39)22-23-34-33(35(41)24-36(34)42)19-14-10-11-15-20-37(43)50-27-32(54-38(44)21-16-9-7-6-8-13-17-29(2)3)28-53-56(48,49)52-26-31(40)25-51-55(45,46)47/h22-23,29-34,36,39-40,42H,4-21,24-28H2,1-3H3,(H,48,49)(H2,45,46,47)/b23-22+/t30-,31-,32+,33+,34+,36+/m0/s1. The number of hydrogen-bond acceptors (Lipinski definition) is 13. The molecule has 0 aromatic rings. The van der Waals surface area contributed by atoms with Crippen LogP contribution in [0.3, 0.4) is 0 Å². The van der Waals surface area contributed by atoms with Crippen molar-refractivity contribution in [1.29, 1.82) is 0 Å². The molecule has 1 fully saturated rings. The van der Waals surface area contributed by atoms with Crippen LogP contribution in [0.2, 0.25) is 0 Å². The van der Waals surface area contributed by atoms with Crippen LogP contribution in [0, 0.1) is 17.8 Å². The Hall–Kier alpha value is -1.55. The second-order valence-corrected chi connectivity index (χ2v) is 17.9. The number of phosphoric acid groups is 2. The van der Waals surface area contributed by atoms with E-state index in [4.69, 9.17) is 23.8 Å². The third-order valence-corrected chi connectivity index (χ3v) is 10.9. The molecule has 0 radical (unpaired) electrons. The smallest absolute Gasteiger partial charge is 0.462 e. The maximum atomic E-state index is 12.6. The Morgan fingerprint density at radius 1 is 0.768 bits per heavy atom. The first-order valence-electron chi connectivity index (χ1n) is 20.3. The summed E-state index contributed by atoms with van der Waals surface area (Å²) in [5.41, 5.74) is 0. The van der Waals surface area contributed by atoms with Crippen molar-refractivity contribution in [2.75, 3.05) is 26.4 Å². The van der Waals surface area contributed by atoms with Crippen LogP contribution >= 0.6 is 15.6 Å². The Balaban J connectivity index is 2.56. The maximum Gasteiger partial charge on any atom is 0.472 e. The number of ketones is 1. The van der Waals surface area contributed by atoms with Crippen LogP contribution in [0.25, 0.3) is 0 Å². The van der Waals surface area contributed by atoms with Crippen LogP contribution in [-0.2, 0) is 46.6 Å². The van der Waals surface area contributed by atoms with Gasteiger partial charge in [0.15, 0.2) is 6.10 Å². The van der Waals surface area contributed by atoms with Crippen molar-refractivity contribution < 1.29 is 76.6 Å². The van der Waals surface area contributed by atoms with Crippen molar-refractivity contribution in [3.8, 4) is 0 Å². The predicted octanol–water partition coefficient (Wildman–Crippen LogP) is 6.23. The average molecular weight is 845 g/mol. The van der Waals surface area contributed by atoms with Crippen LogP contribution in [0.4, 0.5) is 0 Å². The molecule has 0 heterocycles. The number of carbonyl (C=O) groups is 3. The quantitative estimate of drug-likeness (QED) is 0.0182. The van der Waals surface area contributed by atoms with Crippen molar-refractivity contribution in [3.63, 3.8) is 0 Å². The summed E-state index contributed by atoms with van der Waals surface area (Å²) in [5.74, 6) is -1.17. The number of aliphatic hydroxyl groups excluding tert-OH is 3. The lowest BCUT2D eigenvalue weighted by Gasteiger charge is -2.20. The minimum Gasteiger partial charge on any atom is -0.462 e. The van der Waals surface area contributed by atoms with E-state index in [1.165, 1.54) is 6.42 Å². The molecule has 328 valence electrons. The molecule has 18 heteroatoms. The van der Waals surface area contributed by atoms with Gasteiger partial charge in [0.05, 0.1) is 32.0 Å². The predicted molar refractivity (Wildman–Crippen MR) is 208 cm³/mol. The number of unbranched alkanes of at least 4 members (excludes halogenated alkanes) is 10. The second kappa shape index (κ2) is 29.6. The summed E-state index contributed by atoms with van der Waals surface area (Å²) >= 11 is 0. The number of ether oxygens (including phenoxy) is 2. The molecule has 0 aliphatic heterocycles. The van der Waals surface area contributed by atoms with Gasteiger partial charge in [0.2, 0.25) is 0 Å². The summed E-state index contributed by atoms with van der Waals surface area (Å²) in [4.78, 5) is 65.2. The molecule has 1 unspecified atom stereocenters. The minimum absolute atomic E-state index is 0.0115. The van der Waals surface area contributed by atoms with E-state index in [1.54, 1.807) is 12.2 Å². The molecule has 0 amide bonds. The maximum absolute atomic E-state index is 12.6. The molecule has 1 rings (SSSR count). The van der Waals surface area contributed by atoms with Gasteiger partial charge in [-0.25, -0.2) is 9.13 Å². The lowest BCUT2D eigenvalue weighted by molar-refractivity contribution is -0.161. The highest BCUT2D eigenvalue weighted by atomic mass is 31.2. The van der Waals surface area contributed by atoms with E-state index in [2.05, 4.69) is 29.8 Å². The van der Waals surface area contributed by atoms with Gasteiger partial charge < -0.3 is 39.5 Å². The van der Waals surface area contributed by atoms with Crippen LogP contribution in [0.1, 0.15) is 143 Å². The molecule has 0 bridgehead atoms. The second-order valence-electron chi connectivity index (χ2n) is 15.2. The molecule has 7 atom stereocenters. The third-order valence-electron chi connectivity index (χ3n) is 9.47. The van der Waals surface area contributed by atoms with E-state index < -0.39 is 78.4 Å². The van der Waals surface area contributed by atoms with Crippen molar-refractivity contribution in [2.45, 2.75) is 167 Å². The van der Waals surface area contributed by atoms with E-state index >= 15 is 0 Å². The highest BCUT2D eigenvalue weighted by Crippen LogP contribution is 2.44. The van der Waals surface area contributed by atoms with E-state index in [1.807, 2.05) is 0 Å². The Morgan fingerprint density at radius 2 is 1.34 bits per heavy atom. The number of rotatable bonds is 34. The van der Waals surface area contributed by atoms with E-state index in [-0.39, 0.29) is 36.9 Å². The summed E-state index contributed by atoms with van der Waals surface area (Å²) in [6, 6.07) is 0. The van der Waals surface area contributed by atoms with Gasteiger partial charge >= 0.3 is 27.6 Å². The fourth-order valence-corrected chi connectivity index (χ4v) is 7.47. The molecular weight excluding hydrogens is 774 g/mol. The number of aliphatic hydroxyl groups is 3. The molecule has 0 aromatic heterocycles. The zero-order valence-electron chi connectivity index (χ0n) is 33.6. The summed E-state index contributed by atoms with van der Waals surface area (Å²) in [6.45, 7) is 3.55. The fraction of sp³-hybridized carbons (Fsp3) is 0.868. The van der Waals surface area contributed by atoms with Crippen molar-refractivity contribution in [2.24, 2.45) is 17.8 Å². The Morgan fingerprint density at radius 3 is 1.98 bits per heavy atom. The Bertz CT molecular complexity index is 1220. The molecular formula is C38H70O16P2. The van der Waals surface area contributed by atoms with Crippen LogP contribution in [0.5, 0.6) is 0 Å². The van der Waals surface area contributed by atoms with Crippen LogP contribution < -0.4 is 0 Å².